The summed E-state index contributed by atoms with van der Waals surface area (Å²) in [6.07, 6.45) is 1.35. The number of ether oxygens (including phenoxy) is 1. The Morgan fingerprint density at radius 2 is 2.08 bits per heavy atom. The van der Waals surface area contributed by atoms with E-state index < -0.39 is 5.60 Å². The summed E-state index contributed by atoms with van der Waals surface area (Å²) in [7, 11) is 0. The molecule has 2 amide bonds. The zero-order chi connectivity index (χ0) is 18.9. The molecule has 2 N–H and O–H groups in total. The average molecular weight is 422 g/mol. The first kappa shape index (κ1) is 18.8. The highest BCUT2D eigenvalue weighted by atomic mass is 79.9. The van der Waals surface area contributed by atoms with Gasteiger partial charge in [0.1, 0.15) is 11.3 Å². The normalized spacial score (nSPS) is 18.0. The van der Waals surface area contributed by atoms with Crippen molar-refractivity contribution in [2.45, 2.75) is 45.3 Å². The van der Waals surface area contributed by atoms with Gasteiger partial charge in [-0.3, -0.25) is 4.79 Å². The molecule has 1 saturated heterocycles. The van der Waals surface area contributed by atoms with Crippen LogP contribution in [0.15, 0.2) is 28.7 Å². The van der Waals surface area contributed by atoms with E-state index in [0.29, 0.717) is 18.8 Å². The third kappa shape index (κ3) is 4.58. The fourth-order valence-electron chi connectivity index (χ4n) is 3.08. The van der Waals surface area contributed by atoms with Crippen molar-refractivity contribution in [1.82, 2.24) is 15.2 Å². The Morgan fingerprint density at radius 3 is 2.81 bits per heavy atom. The summed E-state index contributed by atoms with van der Waals surface area (Å²) in [5, 5.41) is 4.00. The molecule has 1 aromatic carbocycles. The van der Waals surface area contributed by atoms with Gasteiger partial charge in [0.15, 0.2) is 0 Å². The van der Waals surface area contributed by atoms with Gasteiger partial charge in [-0.1, -0.05) is 15.9 Å². The van der Waals surface area contributed by atoms with Crippen molar-refractivity contribution >= 4 is 38.8 Å². The number of halogens is 1. The summed E-state index contributed by atoms with van der Waals surface area (Å²) in [4.78, 5) is 29.6. The van der Waals surface area contributed by atoms with Crippen LogP contribution in [0.3, 0.4) is 0 Å². The molecule has 1 aromatic heterocycles. The number of likely N-dealkylation sites (tertiary alicyclic amines) is 1. The number of nitrogens with one attached hydrogen (secondary N) is 2. The molecule has 0 saturated carbocycles. The van der Waals surface area contributed by atoms with Crippen molar-refractivity contribution in [3.8, 4) is 0 Å². The second-order valence-electron chi connectivity index (χ2n) is 7.65. The Morgan fingerprint density at radius 1 is 1.31 bits per heavy atom. The molecule has 0 spiro atoms. The summed E-state index contributed by atoms with van der Waals surface area (Å²) in [5.74, 6) is -0.159. The monoisotopic (exact) mass is 421 g/mol. The smallest absolute Gasteiger partial charge is 0.410 e. The van der Waals surface area contributed by atoms with E-state index in [9.17, 15) is 9.59 Å². The molecule has 1 aliphatic heterocycles. The van der Waals surface area contributed by atoms with Crippen LogP contribution in [0.25, 0.3) is 10.9 Å². The van der Waals surface area contributed by atoms with Gasteiger partial charge in [-0.05, 0) is 57.9 Å². The summed E-state index contributed by atoms with van der Waals surface area (Å²) in [6, 6.07) is 7.58. The van der Waals surface area contributed by atoms with Gasteiger partial charge in [0, 0.05) is 34.5 Å². The van der Waals surface area contributed by atoms with Gasteiger partial charge in [0.05, 0.1) is 0 Å². The van der Waals surface area contributed by atoms with Gasteiger partial charge >= 0.3 is 6.09 Å². The number of nitrogens with zero attached hydrogens (tertiary/aromatic N) is 1. The minimum Gasteiger partial charge on any atom is -0.444 e. The van der Waals surface area contributed by atoms with Gasteiger partial charge in [-0.25, -0.2) is 4.79 Å². The van der Waals surface area contributed by atoms with Crippen molar-refractivity contribution < 1.29 is 14.3 Å². The lowest BCUT2D eigenvalue weighted by Crippen LogP contribution is -2.50. The van der Waals surface area contributed by atoms with Crippen LogP contribution in [0.5, 0.6) is 0 Å². The van der Waals surface area contributed by atoms with Crippen LogP contribution in [0.2, 0.25) is 0 Å². The average Bonchev–Trinajstić information content (AvgIpc) is 2.96. The van der Waals surface area contributed by atoms with Crippen molar-refractivity contribution in [2.75, 3.05) is 13.1 Å². The number of fused-ring (bicyclic) bond motifs is 1. The minimum atomic E-state index is -0.522. The van der Waals surface area contributed by atoms with Crippen LogP contribution < -0.4 is 5.32 Å². The fraction of sp³-hybridized carbons (Fsp3) is 0.474. The maximum Gasteiger partial charge on any atom is 0.410 e. The highest BCUT2D eigenvalue weighted by Crippen LogP contribution is 2.21. The molecule has 0 unspecified atom stereocenters. The molecule has 3 rings (SSSR count). The molecule has 0 radical (unpaired) electrons. The summed E-state index contributed by atoms with van der Waals surface area (Å²) < 4.78 is 6.40. The predicted molar refractivity (Wildman–Crippen MR) is 104 cm³/mol. The van der Waals surface area contributed by atoms with Crippen LogP contribution in [0.4, 0.5) is 4.79 Å². The van der Waals surface area contributed by atoms with Gasteiger partial charge in [0.2, 0.25) is 0 Å². The zero-order valence-corrected chi connectivity index (χ0v) is 16.9. The number of H-pyrrole nitrogens is 1. The molecule has 140 valence electrons. The number of hydrogen-bond donors (Lipinski definition) is 2. The molecule has 0 aliphatic carbocycles. The van der Waals surface area contributed by atoms with Crippen molar-refractivity contribution in [2.24, 2.45) is 0 Å². The molecule has 6 nitrogen and oxygen atoms in total. The Hall–Kier alpha value is -2.02. The van der Waals surface area contributed by atoms with E-state index in [1.54, 1.807) is 4.90 Å². The van der Waals surface area contributed by atoms with Crippen molar-refractivity contribution in [3.05, 3.63) is 34.4 Å². The number of rotatable bonds is 2. The van der Waals surface area contributed by atoms with Gasteiger partial charge in [-0.15, -0.1) is 0 Å². The molecule has 1 atom stereocenters. The Kier molecular flexibility index (Phi) is 5.27. The summed E-state index contributed by atoms with van der Waals surface area (Å²) in [6.45, 7) is 6.67. The van der Waals surface area contributed by atoms with Gasteiger partial charge < -0.3 is 19.9 Å². The largest absolute Gasteiger partial charge is 0.444 e. The van der Waals surface area contributed by atoms with Gasteiger partial charge in [-0.2, -0.15) is 0 Å². The third-order valence-corrected chi connectivity index (χ3v) is 4.73. The van der Waals surface area contributed by atoms with E-state index in [0.717, 1.165) is 28.2 Å². The van der Waals surface area contributed by atoms with Gasteiger partial charge in [0.25, 0.3) is 5.91 Å². The lowest BCUT2D eigenvalue weighted by atomic mass is 10.1. The highest BCUT2D eigenvalue weighted by molar-refractivity contribution is 9.10. The first-order chi connectivity index (χ1) is 12.2. The molecule has 1 aliphatic rings. The predicted octanol–water partition coefficient (Wildman–Crippen LogP) is 4.06. The van der Waals surface area contributed by atoms with Crippen molar-refractivity contribution in [3.63, 3.8) is 0 Å². The third-order valence-electron chi connectivity index (χ3n) is 4.24. The maximum absolute atomic E-state index is 12.6. The van der Waals surface area contributed by atoms with E-state index >= 15 is 0 Å². The molecule has 1 fully saturated rings. The van der Waals surface area contributed by atoms with E-state index in [2.05, 4.69) is 26.2 Å². The molecular formula is C19H24BrN3O3. The minimum absolute atomic E-state index is 0.0816. The Bertz CT molecular complexity index is 825. The second kappa shape index (κ2) is 7.31. The number of piperidine rings is 1. The van der Waals surface area contributed by atoms with Crippen LogP contribution in [0.1, 0.15) is 44.1 Å². The van der Waals surface area contributed by atoms with Crippen LogP contribution in [-0.2, 0) is 4.74 Å². The van der Waals surface area contributed by atoms with Crippen LogP contribution in [0, 0.1) is 0 Å². The van der Waals surface area contributed by atoms with E-state index in [-0.39, 0.29) is 18.0 Å². The molecular weight excluding hydrogens is 398 g/mol. The fourth-order valence-corrected chi connectivity index (χ4v) is 3.46. The number of amides is 2. The number of aromatic nitrogens is 1. The Balaban J connectivity index is 1.63. The zero-order valence-electron chi connectivity index (χ0n) is 15.3. The molecule has 2 aromatic rings. The quantitative estimate of drug-likeness (QED) is 0.767. The van der Waals surface area contributed by atoms with E-state index in [4.69, 9.17) is 4.74 Å². The highest BCUT2D eigenvalue weighted by Gasteiger charge is 2.28. The molecule has 26 heavy (non-hydrogen) atoms. The summed E-state index contributed by atoms with van der Waals surface area (Å²) in [5.41, 5.74) is 0.913. The van der Waals surface area contributed by atoms with E-state index in [1.807, 2.05) is 45.0 Å². The van der Waals surface area contributed by atoms with Crippen LogP contribution in [-0.4, -0.2) is 46.6 Å². The second-order valence-corrected chi connectivity index (χ2v) is 8.57. The number of carbonyl (C=O) groups excluding carboxylic acids is 2. The SMILES string of the molecule is CC(C)(C)OC(=O)N1CCC[C@@H](NC(=O)c2cc3cc(Br)ccc3[nH]2)C1. The lowest BCUT2D eigenvalue weighted by molar-refractivity contribution is 0.0185. The Labute approximate surface area is 161 Å². The number of benzene rings is 1. The molecule has 2 heterocycles. The maximum atomic E-state index is 12.6. The topological polar surface area (TPSA) is 74.4 Å². The van der Waals surface area contributed by atoms with E-state index in [1.165, 1.54) is 0 Å². The molecule has 7 heteroatoms. The van der Waals surface area contributed by atoms with Crippen LogP contribution >= 0.6 is 15.9 Å². The number of carbonyl (C=O) groups is 2. The molecule has 0 bridgehead atoms. The first-order valence-corrected chi connectivity index (χ1v) is 9.58. The first-order valence-electron chi connectivity index (χ1n) is 8.78. The number of hydrogen-bond acceptors (Lipinski definition) is 3. The lowest BCUT2D eigenvalue weighted by Gasteiger charge is -2.34. The number of aromatic amines is 1. The summed E-state index contributed by atoms with van der Waals surface area (Å²) >= 11 is 3.44. The van der Waals surface area contributed by atoms with Crippen molar-refractivity contribution in [1.29, 1.82) is 0 Å². The standard InChI is InChI=1S/C19H24BrN3O3/c1-19(2,3)26-18(25)23-8-4-5-14(11-23)21-17(24)16-10-12-9-13(20)6-7-15(12)22-16/h6-7,9-10,14,22H,4-5,8,11H2,1-3H3,(H,21,24)/t14-/m1/s1.